The second-order valence-electron chi connectivity index (χ2n) is 6.87. The number of thioether (sulfide) groups is 1. The fourth-order valence-electron chi connectivity index (χ4n) is 3.11. The van der Waals surface area contributed by atoms with Crippen molar-refractivity contribution >= 4 is 45.0 Å². The van der Waals surface area contributed by atoms with Gasteiger partial charge in [-0.2, -0.15) is 4.31 Å². The highest BCUT2D eigenvalue weighted by atomic mass is 35.5. The Morgan fingerprint density at radius 2 is 1.94 bits per heavy atom. The summed E-state index contributed by atoms with van der Waals surface area (Å²) in [5, 5.41) is 11.9. The zero-order chi connectivity index (χ0) is 23.3. The van der Waals surface area contributed by atoms with E-state index in [9.17, 15) is 13.2 Å². The SMILES string of the molecule is CCN(CC)S(=O)(=O)c1cc(NC(=O)CSc2nncn2-c2cccc(Cl)c2)ccc1C. The first kappa shape index (κ1) is 24.2. The molecule has 1 heterocycles. The number of amides is 1. The van der Waals surface area contributed by atoms with Gasteiger partial charge in [0.1, 0.15) is 6.33 Å². The standard InChI is InChI=1S/C21H24ClN5O3S2/c1-4-26(5-2)32(29,30)19-12-17(10-9-15(19)3)24-20(28)13-31-21-25-23-14-27(21)18-8-6-7-16(22)11-18/h6-12,14H,4-5,13H2,1-3H3,(H,24,28). The van der Waals surface area contributed by atoms with Crippen molar-refractivity contribution in [3.8, 4) is 5.69 Å². The Bertz CT molecular complexity index is 1210. The maximum absolute atomic E-state index is 12.9. The number of sulfonamides is 1. The summed E-state index contributed by atoms with van der Waals surface area (Å²) in [4.78, 5) is 12.7. The lowest BCUT2D eigenvalue weighted by Crippen LogP contribution is -2.31. The van der Waals surface area contributed by atoms with E-state index in [2.05, 4.69) is 15.5 Å². The summed E-state index contributed by atoms with van der Waals surface area (Å²) in [5.41, 5.74) is 1.83. The minimum absolute atomic E-state index is 0.0747. The van der Waals surface area contributed by atoms with Crippen LogP contribution in [-0.4, -0.2) is 52.2 Å². The van der Waals surface area contributed by atoms with Crippen LogP contribution in [0.1, 0.15) is 19.4 Å². The molecule has 0 bridgehead atoms. The average Bonchev–Trinajstić information content (AvgIpc) is 3.23. The smallest absolute Gasteiger partial charge is 0.243 e. The van der Waals surface area contributed by atoms with Crippen LogP contribution in [0.15, 0.2) is 58.8 Å². The van der Waals surface area contributed by atoms with E-state index >= 15 is 0 Å². The Morgan fingerprint density at radius 3 is 2.62 bits per heavy atom. The summed E-state index contributed by atoms with van der Waals surface area (Å²) in [6.07, 6.45) is 1.55. The molecular weight excluding hydrogens is 470 g/mol. The van der Waals surface area contributed by atoms with E-state index in [0.717, 1.165) is 5.69 Å². The molecule has 0 unspecified atom stereocenters. The minimum Gasteiger partial charge on any atom is -0.325 e. The molecule has 0 fully saturated rings. The maximum Gasteiger partial charge on any atom is 0.243 e. The van der Waals surface area contributed by atoms with Crippen molar-refractivity contribution in [3.05, 3.63) is 59.4 Å². The van der Waals surface area contributed by atoms with Crippen molar-refractivity contribution in [1.29, 1.82) is 0 Å². The fraction of sp³-hybridized carbons (Fsp3) is 0.286. The van der Waals surface area contributed by atoms with Crippen molar-refractivity contribution in [3.63, 3.8) is 0 Å². The third-order valence-corrected chi connectivity index (χ3v) is 8.10. The first-order chi connectivity index (χ1) is 15.3. The second kappa shape index (κ2) is 10.5. The van der Waals surface area contributed by atoms with Crippen LogP contribution >= 0.6 is 23.4 Å². The fourth-order valence-corrected chi connectivity index (χ4v) is 5.73. The Labute approximate surface area is 197 Å². The predicted molar refractivity (Wildman–Crippen MR) is 127 cm³/mol. The van der Waals surface area contributed by atoms with E-state index in [0.29, 0.717) is 34.5 Å². The van der Waals surface area contributed by atoms with Gasteiger partial charge in [0.2, 0.25) is 15.9 Å². The highest BCUT2D eigenvalue weighted by molar-refractivity contribution is 7.99. The third-order valence-electron chi connectivity index (χ3n) is 4.73. The molecule has 1 N–H and O–H groups in total. The molecule has 1 aromatic heterocycles. The van der Waals surface area contributed by atoms with E-state index in [1.165, 1.54) is 22.1 Å². The van der Waals surface area contributed by atoms with Crippen LogP contribution in [0.4, 0.5) is 5.69 Å². The number of nitrogens with zero attached hydrogens (tertiary/aromatic N) is 4. The van der Waals surface area contributed by atoms with Gasteiger partial charge in [0.15, 0.2) is 5.16 Å². The normalized spacial score (nSPS) is 11.7. The van der Waals surface area contributed by atoms with Gasteiger partial charge in [-0.1, -0.05) is 49.3 Å². The molecule has 0 aliphatic rings. The lowest BCUT2D eigenvalue weighted by molar-refractivity contribution is -0.113. The van der Waals surface area contributed by atoms with E-state index in [1.54, 1.807) is 55.9 Å². The number of anilines is 1. The van der Waals surface area contributed by atoms with Gasteiger partial charge in [-0.3, -0.25) is 9.36 Å². The summed E-state index contributed by atoms with van der Waals surface area (Å²) < 4.78 is 29.0. The third kappa shape index (κ3) is 5.50. The molecule has 1 amide bonds. The van der Waals surface area contributed by atoms with Crippen LogP contribution in [-0.2, 0) is 14.8 Å². The van der Waals surface area contributed by atoms with E-state index in [-0.39, 0.29) is 16.6 Å². The number of aryl methyl sites for hydroxylation is 1. The predicted octanol–water partition coefficient (Wildman–Crippen LogP) is 3.99. The molecule has 8 nitrogen and oxygen atoms in total. The highest BCUT2D eigenvalue weighted by Crippen LogP contribution is 2.25. The summed E-state index contributed by atoms with van der Waals surface area (Å²) >= 11 is 7.27. The number of hydrogen-bond donors (Lipinski definition) is 1. The first-order valence-corrected chi connectivity index (χ1v) is 12.8. The lowest BCUT2D eigenvalue weighted by Gasteiger charge is -2.20. The number of nitrogens with one attached hydrogen (secondary N) is 1. The molecule has 2 aromatic carbocycles. The molecule has 0 aliphatic heterocycles. The molecule has 170 valence electrons. The van der Waals surface area contributed by atoms with Crippen molar-refractivity contribution in [2.75, 3.05) is 24.2 Å². The van der Waals surface area contributed by atoms with Crippen LogP contribution in [0.3, 0.4) is 0 Å². The van der Waals surface area contributed by atoms with Gasteiger partial charge in [-0.05, 0) is 42.8 Å². The van der Waals surface area contributed by atoms with Crippen LogP contribution in [0, 0.1) is 6.92 Å². The Balaban J connectivity index is 1.71. The topological polar surface area (TPSA) is 97.2 Å². The number of carbonyl (C=O) groups excluding carboxylic acids is 1. The molecule has 0 aliphatic carbocycles. The van der Waals surface area contributed by atoms with E-state index in [1.807, 2.05) is 12.1 Å². The molecule has 11 heteroatoms. The van der Waals surface area contributed by atoms with Crippen LogP contribution in [0.25, 0.3) is 5.69 Å². The summed E-state index contributed by atoms with van der Waals surface area (Å²) in [6, 6.07) is 12.1. The maximum atomic E-state index is 12.9. The molecule has 3 aromatic rings. The summed E-state index contributed by atoms with van der Waals surface area (Å²) in [7, 11) is -3.63. The van der Waals surface area contributed by atoms with Gasteiger partial charge in [0, 0.05) is 23.8 Å². The second-order valence-corrected chi connectivity index (χ2v) is 10.2. The monoisotopic (exact) mass is 493 g/mol. The van der Waals surface area contributed by atoms with Crippen LogP contribution < -0.4 is 5.32 Å². The number of aromatic nitrogens is 3. The molecule has 0 saturated carbocycles. The average molecular weight is 494 g/mol. The van der Waals surface area contributed by atoms with Gasteiger partial charge >= 0.3 is 0 Å². The number of halogens is 1. The zero-order valence-electron chi connectivity index (χ0n) is 17.9. The van der Waals surface area contributed by atoms with Gasteiger partial charge in [-0.25, -0.2) is 8.42 Å². The molecule has 32 heavy (non-hydrogen) atoms. The van der Waals surface area contributed by atoms with E-state index < -0.39 is 10.0 Å². The van der Waals surface area contributed by atoms with Crippen LogP contribution in [0.5, 0.6) is 0 Å². The van der Waals surface area contributed by atoms with E-state index in [4.69, 9.17) is 11.6 Å². The zero-order valence-corrected chi connectivity index (χ0v) is 20.3. The number of benzene rings is 2. The van der Waals surface area contributed by atoms with Crippen molar-refractivity contribution in [2.45, 2.75) is 30.8 Å². The largest absolute Gasteiger partial charge is 0.325 e. The van der Waals surface area contributed by atoms with Crippen molar-refractivity contribution in [1.82, 2.24) is 19.1 Å². The van der Waals surface area contributed by atoms with Gasteiger partial charge in [-0.15, -0.1) is 10.2 Å². The van der Waals surface area contributed by atoms with Crippen molar-refractivity contribution in [2.24, 2.45) is 0 Å². The Kier molecular flexibility index (Phi) is 7.94. The molecular formula is C21H24ClN5O3S2. The molecule has 3 rings (SSSR count). The first-order valence-electron chi connectivity index (χ1n) is 9.95. The van der Waals surface area contributed by atoms with Crippen LogP contribution in [0.2, 0.25) is 5.02 Å². The number of rotatable bonds is 9. The lowest BCUT2D eigenvalue weighted by atomic mass is 10.2. The quantitative estimate of drug-likeness (QED) is 0.453. The summed E-state index contributed by atoms with van der Waals surface area (Å²) in [6.45, 7) is 6.07. The Hall–Kier alpha value is -2.40. The molecule has 0 atom stereocenters. The molecule has 0 radical (unpaired) electrons. The minimum atomic E-state index is -3.63. The Morgan fingerprint density at radius 1 is 1.19 bits per heavy atom. The van der Waals surface area contributed by atoms with Gasteiger partial charge in [0.25, 0.3) is 0 Å². The van der Waals surface area contributed by atoms with Gasteiger partial charge < -0.3 is 5.32 Å². The summed E-state index contributed by atoms with van der Waals surface area (Å²) in [5.74, 6) is -0.212. The number of carbonyl (C=O) groups is 1. The molecule has 0 saturated heterocycles. The highest BCUT2D eigenvalue weighted by Gasteiger charge is 2.24. The van der Waals surface area contributed by atoms with Crippen molar-refractivity contribution < 1.29 is 13.2 Å². The number of hydrogen-bond acceptors (Lipinski definition) is 6. The molecule has 0 spiro atoms. The van der Waals surface area contributed by atoms with Gasteiger partial charge in [0.05, 0.1) is 16.3 Å².